The van der Waals surface area contributed by atoms with E-state index in [4.69, 9.17) is 0 Å². The summed E-state index contributed by atoms with van der Waals surface area (Å²) in [6.07, 6.45) is 1.57. The third kappa shape index (κ3) is 3.46. The maximum absolute atomic E-state index is 12.7. The molecule has 0 fully saturated rings. The first kappa shape index (κ1) is 16.9. The van der Waals surface area contributed by atoms with Gasteiger partial charge in [0.15, 0.2) is 0 Å². The Morgan fingerprint density at radius 2 is 1.91 bits per heavy atom. The zero-order valence-corrected chi connectivity index (χ0v) is 15.2. The minimum absolute atomic E-state index is 0.0776. The van der Waals surface area contributed by atoms with Crippen LogP contribution in [0.2, 0.25) is 0 Å². The van der Waals surface area contributed by atoms with Crippen LogP contribution in [0.4, 0.5) is 5.13 Å². The van der Waals surface area contributed by atoms with Crippen LogP contribution in [0.25, 0.3) is 0 Å². The molecule has 0 spiro atoms. The maximum atomic E-state index is 12.7. The van der Waals surface area contributed by atoms with Crippen molar-refractivity contribution in [3.05, 3.63) is 16.9 Å². The van der Waals surface area contributed by atoms with Crippen LogP contribution in [0.15, 0.2) is 11.1 Å². The van der Waals surface area contributed by atoms with Crippen molar-refractivity contribution in [3.63, 3.8) is 0 Å². The lowest BCUT2D eigenvalue weighted by atomic mass is 9.92. The Labute approximate surface area is 134 Å². The van der Waals surface area contributed by atoms with E-state index in [1.165, 1.54) is 11.3 Å². The van der Waals surface area contributed by atoms with Crippen molar-refractivity contribution < 1.29 is 8.42 Å². The summed E-state index contributed by atoms with van der Waals surface area (Å²) in [6.45, 7) is 11.5. The minimum Gasteiger partial charge on any atom is -0.269 e. The minimum atomic E-state index is -3.75. The van der Waals surface area contributed by atoms with Crippen molar-refractivity contribution in [1.29, 1.82) is 0 Å². The van der Waals surface area contributed by atoms with Gasteiger partial charge in [-0.05, 0) is 20.8 Å². The second-order valence-electron chi connectivity index (χ2n) is 6.40. The summed E-state index contributed by atoms with van der Waals surface area (Å²) >= 11 is 1.20. The largest absolute Gasteiger partial charge is 0.269 e. The fourth-order valence-corrected chi connectivity index (χ4v) is 4.03. The molecule has 0 saturated heterocycles. The smallest absolute Gasteiger partial charge is 0.267 e. The quantitative estimate of drug-likeness (QED) is 0.922. The van der Waals surface area contributed by atoms with E-state index in [1.54, 1.807) is 17.8 Å². The van der Waals surface area contributed by atoms with E-state index in [0.29, 0.717) is 10.7 Å². The van der Waals surface area contributed by atoms with Crippen LogP contribution in [0.3, 0.4) is 0 Å². The molecule has 2 aromatic rings. The van der Waals surface area contributed by atoms with E-state index in [9.17, 15) is 8.42 Å². The summed E-state index contributed by atoms with van der Waals surface area (Å²) in [5.41, 5.74) is 0.149. The van der Waals surface area contributed by atoms with Crippen LogP contribution in [0.5, 0.6) is 0 Å². The van der Waals surface area contributed by atoms with Gasteiger partial charge in [-0.3, -0.25) is 9.40 Å². The number of nitrogens with zero attached hydrogens (tertiary/aromatic N) is 4. The highest BCUT2D eigenvalue weighted by molar-refractivity contribution is 7.93. The number of hydrogen-bond donors (Lipinski definition) is 1. The monoisotopic (exact) mass is 343 g/mol. The standard InChI is InChI=1S/C13H21N5O2S2/c1-8(2)18-7-10(11(16-18)13(4,5)6)22(19,20)17-12-15-14-9(3)21-12/h7-8H,1-6H3,(H,15,17). The highest BCUT2D eigenvalue weighted by atomic mass is 32.2. The molecule has 0 radical (unpaired) electrons. The molecule has 0 amide bonds. The van der Waals surface area contributed by atoms with Gasteiger partial charge < -0.3 is 0 Å². The molecular weight excluding hydrogens is 322 g/mol. The van der Waals surface area contributed by atoms with Crippen molar-refractivity contribution in [2.24, 2.45) is 0 Å². The molecule has 2 rings (SSSR count). The van der Waals surface area contributed by atoms with Crippen LogP contribution in [-0.4, -0.2) is 28.4 Å². The Kier molecular flexibility index (Phi) is 4.31. The van der Waals surface area contributed by atoms with Crippen molar-refractivity contribution in [2.75, 3.05) is 4.72 Å². The van der Waals surface area contributed by atoms with Gasteiger partial charge in [-0.25, -0.2) is 8.42 Å². The zero-order valence-electron chi connectivity index (χ0n) is 13.6. The molecule has 0 saturated carbocycles. The molecule has 2 heterocycles. The molecule has 0 aliphatic rings. The molecule has 0 bridgehead atoms. The van der Waals surface area contributed by atoms with Crippen molar-refractivity contribution >= 4 is 26.5 Å². The molecule has 2 aromatic heterocycles. The fourth-order valence-electron chi connectivity index (χ4n) is 1.86. The molecular formula is C13H21N5O2S2. The van der Waals surface area contributed by atoms with E-state index < -0.39 is 10.0 Å². The van der Waals surface area contributed by atoms with Crippen LogP contribution < -0.4 is 4.72 Å². The summed E-state index contributed by atoms with van der Waals surface area (Å²) in [5, 5.41) is 13.0. The summed E-state index contributed by atoms with van der Waals surface area (Å²) in [6, 6.07) is 0.0776. The SMILES string of the molecule is Cc1nnc(NS(=O)(=O)c2cn(C(C)C)nc2C(C)(C)C)s1. The summed E-state index contributed by atoms with van der Waals surface area (Å²) in [4.78, 5) is 0.182. The topological polar surface area (TPSA) is 89.8 Å². The molecule has 0 aromatic carbocycles. The fraction of sp³-hybridized carbons (Fsp3) is 0.615. The molecule has 0 unspecified atom stereocenters. The molecule has 22 heavy (non-hydrogen) atoms. The Bertz CT molecular complexity index is 769. The summed E-state index contributed by atoms with van der Waals surface area (Å²) in [7, 11) is -3.75. The lowest BCUT2D eigenvalue weighted by Crippen LogP contribution is -2.20. The third-order valence-corrected chi connectivity index (χ3v) is 5.20. The molecule has 122 valence electrons. The lowest BCUT2D eigenvalue weighted by Gasteiger charge is -2.17. The Hall–Kier alpha value is -1.48. The van der Waals surface area contributed by atoms with E-state index in [-0.39, 0.29) is 21.5 Å². The third-order valence-electron chi connectivity index (χ3n) is 2.98. The van der Waals surface area contributed by atoms with E-state index in [2.05, 4.69) is 20.0 Å². The van der Waals surface area contributed by atoms with Gasteiger partial charge in [-0.1, -0.05) is 32.1 Å². The number of anilines is 1. The molecule has 1 N–H and O–H groups in total. The molecule has 9 heteroatoms. The number of aryl methyl sites for hydroxylation is 1. The zero-order chi connectivity index (χ0) is 16.7. The average molecular weight is 343 g/mol. The van der Waals surface area contributed by atoms with Gasteiger partial charge >= 0.3 is 0 Å². The first-order valence-electron chi connectivity index (χ1n) is 6.93. The number of hydrogen-bond acceptors (Lipinski definition) is 6. The molecule has 0 aliphatic heterocycles. The van der Waals surface area contributed by atoms with Gasteiger partial charge in [0.1, 0.15) is 9.90 Å². The Morgan fingerprint density at radius 3 is 2.36 bits per heavy atom. The van der Waals surface area contributed by atoms with Crippen molar-refractivity contribution in [2.45, 2.75) is 57.9 Å². The summed E-state index contributed by atoms with van der Waals surface area (Å²) < 4.78 is 29.5. The number of sulfonamides is 1. The van der Waals surface area contributed by atoms with E-state index in [0.717, 1.165) is 0 Å². The van der Waals surface area contributed by atoms with Crippen LogP contribution >= 0.6 is 11.3 Å². The average Bonchev–Trinajstić information content (AvgIpc) is 2.94. The first-order valence-corrected chi connectivity index (χ1v) is 9.23. The maximum Gasteiger partial charge on any atom is 0.267 e. The second-order valence-corrected chi connectivity index (χ2v) is 9.23. The van der Waals surface area contributed by atoms with Crippen LogP contribution in [0.1, 0.15) is 51.4 Å². The van der Waals surface area contributed by atoms with Crippen LogP contribution in [0, 0.1) is 6.92 Å². The van der Waals surface area contributed by atoms with Crippen molar-refractivity contribution in [1.82, 2.24) is 20.0 Å². The van der Waals surface area contributed by atoms with Gasteiger partial charge in [0.05, 0.1) is 5.69 Å². The van der Waals surface area contributed by atoms with E-state index in [1.807, 2.05) is 34.6 Å². The Morgan fingerprint density at radius 1 is 1.27 bits per heavy atom. The molecule has 7 nitrogen and oxygen atoms in total. The number of nitrogens with one attached hydrogen (secondary N) is 1. The predicted octanol–water partition coefficient (Wildman–Crippen LogP) is 2.72. The summed E-state index contributed by atoms with van der Waals surface area (Å²) in [5.74, 6) is 0. The highest BCUT2D eigenvalue weighted by Gasteiger charge is 2.31. The predicted molar refractivity (Wildman–Crippen MR) is 86.8 cm³/mol. The lowest BCUT2D eigenvalue weighted by molar-refractivity contribution is 0.493. The Balaban J connectivity index is 2.49. The van der Waals surface area contributed by atoms with E-state index >= 15 is 0 Å². The van der Waals surface area contributed by atoms with Crippen LogP contribution in [-0.2, 0) is 15.4 Å². The number of rotatable bonds is 4. The first-order chi connectivity index (χ1) is 10.0. The molecule has 0 atom stereocenters. The highest BCUT2D eigenvalue weighted by Crippen LogP contribution is 2.30. The van der Waals surface area contributed by atoms with Gasteiger partial charge in [-0.2, -0.15) is 5.10 Å². The number of aromatic nitrogens is 4. The second kappa shape index (κ2) is 5.62. The molecule has 0 aliphatic carbocycles. The van der Waals surface area contributed by atoms with Crippen molar-refractivity contribution in [3.8, 4) is 0 Å². The van der Waals surface area contributed by atoms with Gasteiger partial charge in [-0.15, -0.1) is 10.2 Å². The van der Waals surface area contributed by atoms with Gasteiger partial charge in [0.25, 0.3) is 10.0 Å². The van der Waals surface area contributed by atoms with Gasteiger partial charge in [0, 0.05) is 17.7 Å². The van der Waals surface area contributed by atoms with Gasteiger partial charge in [0.2, 0.25) is 5.13 Å². The normalized spacial score (nSPS) is 12.9.